The van der Waals surface area contributed by atoms with Crippen molar-refractivity contribution in [2.45, 2.75) is 125 Å². The van der Waals surface area contributed by atoms with Crippen LogP contribution in [0.2, 0.25) is 15.1 Å². The summed E-state index contributed by atoms with van der Waals surface area (Å²) in [7, 11) is 0. The summed E-state index contributed by atoms with van der Waals surface area (Å²) < 4.78 is 215. The van der Waals surface area contributed by atoms with E-state index in [4.69, 9.17) is 34.8 Å². The van der Waals surface area contributed by atoms with Crippen LogP contribution in [-0.2, 0) is 0 Å². The van der Waals surface area contributed by atoms with Crippen molar-refractivity contribution >= 4 is 34.8 Å². The van der Waals surface area contributed by atoms with Gasteiger partial charge in [-0.25, -0.2) is 74.6 Å². The Morgan fingerprint density at radius 2 is 0.413 bits per heavy atom. The van der Waals surface area contributed by atoms with Crippen LogP contribution in [0, 0.1) is 224 Å². The summed E-state index contributed by atoms with van der Waals surface area (Å²) in [5.74, 6) is -14.1. The van der Waals surface area contributed by atoms with Crippen LogP contribution in [0.1, 0.15) is 100 Å². The first-order valence-corrected chi connectivity index (χ1v) is 28.7. The van der Waals surface area contributed by atoms with Crippen LogP contribution in [0.5, 0.6) is 0 Å². The molecule has 0 aliphatic heterocycles. The molecular formula is C72H70Cl3F17. The van der Waals surface area contributed by atoms with Gasteiger partial charge < -0.3 is 0 Å². The molecule has 9 aromatic carbocycles. The molecule has 0 aromatic heterocycles. The summed E-state index contributed by atoms with van der Waals surface area (Å²) in [4.78, 5) is 0. The van der Waals surface area contributed by atoms with Crippen LogP contribution >= 0.6 is 34.8 Å². The fourth-order valence-corrected chi connectivity index (χ4v) is 7.53. The minimum Gasteiger partial charge on any atom is -0.207 e. The Balaban J connectivity index is 0.000000518. The molecule has 0 fully saturated rings. The summed E-state index contributed by atoms with van der Waals surface area (Å²) in [5, 5.41) is 2.42. The molecule has 0 bridgehead atoms. The topological polar surface area (TPSA) is 0 Å². The Morgan fingerprint density at radius 3 is 0.717 bits per heavy atom. The number of hydrogen-bond donors (Lipinski definition) is 0. The van der Waals surface area contributed by atoms with Gasteiger partial charge in [-0.05, 0) is 258 Å². The molecule has 92 heavy (non-hydrogen) atoms. The number of halogens is 20. The maximum absolute atomic E-state index is 12.7. The van der Waals surface area contributed by atoms with Gasteiger partial charge in [-0.1, -0.05) is 71.2 Å². The average molecular weight is 1360 g/mol. The maximum atomic E-state index is 12.7. The maximum Gasteiger partial charge on any atom is 0.165 e. The third-order valence-electron chi connectivity index (χ3n) is 13.3. The summed E-state index contributed by atoms with van der Waals surface area (Å²) in [6, 6.07) is 25.1. The molecule has 0 aliphatic rings. The summed E-state index contributed by atoms with van der Waals surface area (Å²) in [6.07, 6.45) is 0. The monoisotopic (exact) mass is 1360 g/mol. The highest BCUT2D eigenvalue weighted by Crippen LogP contribution is 2.26. The highest BCUT2D eigenvalue weighted by molar-refractivity contribution is 6.34. The Kier molecular flexibility index (Phi) is 34.1. The van der Waals surface area contributed by atoms with Gasteiger partial charge >= 0.3 is 0 Å². The Bertz CT molecular complexity index is 3520. The molecule has 20 heteroatoms. The van der Waals surface area contributed by atoms with E-state index >= 15 is 0 Å². The standard InChI is InChI=1S/C8H8Cl2.C8H9Cl.C8H6F4.2C8H7F3.3C8H8F2.C8H9F/c1-5-3-8(10)6(2)4-7(5)9;1-6-3-4-7(2)8(9)5-6;1-3-5(9)7(11)4(2)8(12)6(3)10;2*1-4-3-6(9)5(2)8(11)7(4)10;1-5-3-8(10)6(2)4-7(5)9;1-5-3-7(9)6(2)8(10)4-5;1-5-3-4-6(2)8(10)7(5)9;1-6-3-4-7(2)8(9)5-6/h3-4H,1-2H3;3-5H,1-2H3;1-2H3;2*3H,1-2H3;3*3-4H,1-2H3;3-5H,1-2H3. The smallest absolute Gasteiger partial charge is 0.165 e. The summed E-state index contributed by atoms with van der Waals surface area (Å²) in [5.41, 5.74) is 6.37. The van der Waals surface area contributed by atoms with Crippen molar-refractivity contribution in [3.8, 4) is 0 Å². The predicted molar refractivity (Wildman–Crippen MR) is 338 cm³/mol. The molecule has 0 saturated carbocycles. The highest BCUT2D eigenvalue weighted by Gasteiger charge is 2.20. The first kappa shape index (κ1) is 82.7. The third kappa shape index (κ3) is 25.3. The fraction of sp³-hybridized carbons (Fsp3) is 0.250. The van der Waals surface area contributed by atoms with Crippen molar-refractivity contribution in [3.05, 3.63) is 311 Å². The molecule has 0 saturated heterocycles. The van der Waals surface area contributed by atoms with E-state index in [1.807, 2.05) is 65.0 Å². The number of rotatable bonds is 0. The minimum atomic E-state index is -1.33. The molecule has 9 aromatic rings. The molecule has 0 spiro atoms. The van der Waals surface area contributed by atoms with Gasteiger partial charge in [-0.3, -0.25) is 0 Å². The second-order valence-electron chi connectivity index (χ2n) is 21.2. The van der Waals surface area contributed by atoms with Crippen molar-refractivity contribution in [3.63, 3.8) is 0 Å². The van der Waals surface area contributed by atoms with Gasteiger partial charge in [-0.2, -0.15) is 0 Å². The molecule has 0 heterocycles. The molecule has 0 atom stereocenters. The predicted octanol–water partition coefficient (Wildman–Crippen LogP) is 25.1. The Morgan fingerprint density at radius 1 is 0.174 bits per heavy atom. The molecule has 0 radical (unpaired) electrons. The third-order valence-corrected chi connectivity index (χ3v) is 14.5. The average Bonchev–Trinajstić information content (AvgIpc) is 0.880. The summed E-state index contributed by atoms with van der Waals surface area (Å²) in [6.45, 7) is 27.8. The lowest BCUT2D eigenvalue weighted by molar-refractivity contribution is 0.436. The van der Waals surface area contributed by atoms with E-state index in [9.17, 15) is 74.6 Å². The van der Waals surface area contributed by atoms with Crippen LogP contribution in [0.3, 0.4) is 0 Å². The Hall–Kier alpha value is -7.34. The summed E-state index contributed by atoms with van der Waals surface area (Å²) >= 11 is 17.5. The van der Waals surface area contributed by atoms with E-state index in [1.165, 1.54) is 98.2 Å². The van der Waals surface area contributed by atoms with Crippen LogP contribution in [0.15, 0.2) is 97.1 Å². The van der Waals surface area contributed by atoms with Crippen LogP contribution < -0.4 is 0 Å². The number of aryl methyl sites for hydroxylation is 13. The molecule has 498 valence electrons. The van der Waals surface area contributed by atoms with Crippen LogP contribution in [0.4, 0.5) is 74.6 Å². The molecule has 0 aliphatic carbocycles. The number of benzene rings is 9. The highest BCUT2D eigenvalue weighted by atomic mass is 35.5. The SMILES string of the molecule is Cc1c(F)c(F)c(C)c(F)c1F.Cc1cc(Cl)c(C)cc1Cl.Cc1cc(F)c(C)c(F)c1.Cc1cc(F)c(C)c(F)c1F.Cc1cc(F)c(C)c(F)c1F.Cc1cc(F)c(C)cc1F.Cc1ccc(C)c(Cl)c1.Cc1ccc(C)c(F)c1.Cc1ccc(C)c(F)c1F. The van der Waals surface area contributed by atoms with Crippen LogP contribution in [-0.4, -0.2) is 0 Å². The number of hydrogen-bond acceptors (Lipinski definition) is 0. The first-order valence-electron chi connectivity index (χ1n) is 27.5. The molecule has 0 nitrogen and oxygen atoms in total. The second kappa shape index (κ2) is 38.0. The van der Waals surface area contributed by atoms with Crippen molar-refractivity contribution in [2.75, 3.05) is 0 Å². The lowest BCUT2D eigenvalue weighted by atomic mass is 10.1. The van der Waals surface area contributed by atoms with Gasteiger partial charge in [0.25, 0.3) is 0 Å². The fourth-order valence-electron chi connectivity index (χ4n) is 6.86. The normalized spacial score (nSPS) is 10.1. The molecule has 0 unspecified atom stereocenters. The zero-order valence-electron chi connectivity index (χ0n) is 53.8. The van der Waals surface area contributed by atoms with Crippen molar-refractivity contribution in [2.24, 2.45) is 0 Å². The van der Waals surface area contributed by atoms with Crippen molar-refractivity contribution in [1.82, 2.24) is 0 Å². The Labute approximate surface area is 542 Å². The molecule has 0 N–H and O–H groups in total. The minimum absolute atomic E-state index is 0.00870. The van der Waals surface area contributed by atoms with E-state index in [-0.39, 0.29) is 45.3 Å². The van der Waals surface area contributed by atoms with Crippen LogP contribution in [0.25, 0.3) is 0 Å². The van der Waals surface area contributed by atoms with Gasteiger partial charge in [0.05, 0.1) is 0 Å². The van der Waals surface area contributed by atoms with E-state index in [2.05, 4.69) is 6.07 Å². The van der Waals surface area contributed by atoms with Crippen molar-refractivity contribution < 1.29 is 74.6 Å². The molecule has 0 amide bonds. The lowest BCUT2D eigenvalue weighted by Gasteiger charge is -2.04. The van der Waals surface area contributed by atoms with E-state index < -0.39 is 92.6 Å². The van der Waals surface area contributed by atoms with E-state index in [0.29, 0.717) is 33.4 Å². The van der Waals surface area contributed by atoms with Gasteiger partial charge in [0.2, 0.25) is 0 Å². The molecule has 9 rings (SSSR count). The van der Waals surface area contributed by atoms with E-state index in [0.717, 1.165) is 63.3 Å². The quantitative estimate of drug-likeness (QED) is 0.105. The van der Waals surface area contributed by atoms with Gasteiger partial charge in [0, 0.05) is 42.9 Å². The largest absolute Gasteiger partial charge is 0.207 e. The second-order valence-corrected chi connectivity index (χ2v) is 22.5. The zero-order chi connectivity index (χ0) is 71.3. The lowest BCUT2D eigenvalue weighted by Crippen LogP contribution is -2.02. The molecular weight excluding hydrogens is 1290 g/mol. The van der Waals surface area contributed by atoms with Gasteiger partial charge in [0.15, 0.2) is 58.2 Å². The van der Waals surface area contributed by atoms with E-state index in [1.54, 1.807) is 32.0 Å². The van der Waals surface area contributed by atoms with Gasteiger partial charge in [-0.15, -0.1) is 0 Å². The first-order chi connectivity index (χ1) is 42.4. The van der Waals surface area contributed by atoms with Gasteiger partial charge in [0.1, 0.15) is 40.7 Å². The zero-order valence-corrected chi connectivity index (χ0v) is 56.1. The van der Waals surface area contributed by atoms with Crippen molar-refractivity contribution in [1.29, 1.82) is 0 Å².